The van der Waals surface area contributed by atoms with Gasteiger partial charge in [0.1, 0.15) is 0 Å². The zero-order valence-electron chi connectivity index (χ0n) is 9.25. The van der Waals surface area contributed by atoms with Crippen LogP contribution >= 0.6 is 12.6 Å². The first-order valence-corrected chi connectivity index (χ1v) is 5.53. The van der Waals surface area contributed by atoms with Crippen LogP contribution in [0.2, 0.25) is 0 Å². The number of allylic oxidation sites excluding steroid dienone is 4. The molecule has 0 aromatic carbocycles. The highest BCUT2D eigenvalue weighted by atomic mass is 32.1. The van der Waals surface area contributed by atoms with E-state index >= 15 is 0 Å². The van der Waals surface area contributed by atoms with Crippen molar-refractivity contribution >= 4 is 12.6 Å². The molecule has 1 nitrogen and oxygen atoms in total. The lowest BCUT2D eigenvalue weighted by Crippen LogP contribution is -2.18. The molecule has 1 aliphatic carbocycles. The van der Waals surface area contributed by atoms with Gasteiger partial charge in [0, 0.05) is 25.0 Å². The van der Waals surface area contributed by atoms with Crippen LogP contribution in [0.25, 0.3) is 0 Å². The van der Waals surface area contributed by atoms with Gasteiger partial charge in [0.2, 0.25) is 0 Å². The fourth-order valence-electron chi connectivity index (χ4n) is 1.53. The van der Waals surface area contributed by atoms with Crippen molar-refractivity contribution in [3.63, 3.8) is 0 Å². The SMILES string of the molecule is C=C(C1=CC(CC)=CCC1S)N(C)C. The zero-order chi connectivity index (χ0) is 10.7. The highest BCUT2D eigenvalue weighted by Crippen LogP contribution is 2.28. The summed E-state index contributed by atoms with van der Waals surface area (Å²) < 4.78 is 0. The van der Waals surface area contributed by atoms with E-state index in [4.69, 9.17) is 0 Å². The standard InChI is InChI=1S/C12H19NS/c1-5-10-6-7-12(14)11(8-10)9(2)13(3)4/h6,8,12,14H,2,5,7H2,1,3-4H3. The quantitative estimate of drug-likeness (QED) is 0.699. The first-order chi connectivity index (χ1) is 6.56. The van der Waals surface area contributed by atoms with Crippen molar-refractivity contribution in [3.8, 4) is 0 Å². The van der Waals surface area contributed by atoms with Gasteiger partial charge in [-0.2, -0.15) is 12.6 Å². The maximum atomic E-state index is 4.57. The van der Waals surface area contributed by atoms with Gasteiger partial charge in [-0.15, -0.1) is 0 Å². The van der Waals surface area contributed by atoms with Gasteiger partial charge in [-0.3, -0.25) is 0 Å². The van der Waals surface area contributed by atoms with Crippen molar-refractivity contribution in [2.24, 2.45) is 0 Å². The Bertz CT molecular complexity index is 287. The summed E-state index contributed by atoms with van der Waals surface area (Å²) in [5, 5.41) is 0.306. The maximum Gasteiger partial charge on any atom is 0.0332 e. The summed E-state index contributed by atoms with van der Waals surface area (Å²) in [6, 6.07) is 0. The second-order valence-electron chi connectivity index (χ2n) is 3.82. The molecule has 1 rings (SSSR count). The third kappa shape index (κ3) is 2.44. The largest absolute Gasteiger partial charge is 0.378 e. The monoisotopic (exact) mass is 209 g/mol. The lowest BCUT2D eigenvalue weighted by atomic mass is 9.95. The summed E-state index contributed by atoms with van der Waals surface area (Å²) >= 11 is 4.57. The number of likely N-dealkylation sites (N-methyl/N-ethyl adjacent to an activating group) is 1. The number of hydrogen-bond donors (Lipinski definition) is 1. The molecular weight excluding hydrogens is 190 g/mol. The van der Waals surface area contributed by atoms with E-state index in [-0.39, 0.29) is 0 Å². The Morgan fingerprint density at radius 1 is 1.64 bits per heavy atom. The summed E-state index contributed by atoms with van der Waals surface area (Å²) in [6.45, 7) is 6.26. The Kier molecular flexibility index (Phi) is 3.87. The lowest BCUT2D eigenvalue weighted by Gasteiger charge is -2.25. The topological polar surface area (TPSA) is 3.24 Å². The van der Waals surface area contributed by atoms with Crippen LogP contribution in [0, 0.1) is 0 Å². The van der Waals surface area contributed by atoms with E-state index < -0.39 is 0 Å². The highest BCUT2D eigenvalue weighted by Gasteiger charge is 2.17. The van der Waals surface area contributed by atoms with Gasteiger partial charge >= 0.3 is 0 Å². The van der Waals surface area contributed by atoms with Crippen molar-refractivity contribution in [1.29, 1.82) is 0 Å². The van der Waals surface area contributed by atoms with E-state index in [1.54, 1.807) is 0 Å². The molecule has 14 heavy (non-hydrogen) atoms. The molecule has 0 aromatic rings. The summed E-state index contributed by atoms with van der Waals surface area (Å²) in [5.41, 5.74) is 3.73. The van der Waals surface area contributed by atoms with E-state index in [0.717, 1.165) is 18.5 Å². The van der Waals surface area contributed by atoms with Crippen molar-refractivity contribution in [2.75, 3.05) is 14.1 Å². The summed E-state index contributed by atoms with van der Waals surface area (Å²) in [7, 11) is 4.04. The summed E-state index contributed by atoms with van der Waals surface area (Å²) in [4.78, 5) is 2.05. The zero-order valence-corrected chi connectivity index (χ0v) is 10.1. The molecule has 0 radical (unpaired) electrons. The predicted molar refractivity (Wildman–Crippen MR) is 66.7 cm³/mol. The molecule has 0 saturated carbocycles. The minimum Gasteiger partial charge on any atom is -0.378 e. The Hall–Kier alpha value is -0.630. The van der Waals surface area contributed by atoms with Crippen LogP contribution in [0.3, 0.4) is 0 Å². The second-order valence-corrected chi connectivity index (χ2v) is 4.45. The van der Waals surface area contributed by atoms with Crippen LogP contribution in [-0.4, -0.2) is 24.2 Å². The van der Waals surface area contributed by atoms with Crippen LogP contribution in [0.4, 0.5) is 0 Å². The molecule has 0 aromatic heterocycles. The molecule has 0 bridgehead atoms. The Morgan fingerprint density at radius 3 is 2.79 bits per heavy atom. The van der Waals surface area contributed by atoms with E-state index in [2.05, 4.69) is 38.3 Å². The van der Waals surface area contributed by atoms with E-state index in [0.29, 0.717) is 5.25 Å². The van der Waals surface area contributed by atoms with E-state index in [9.17, 15) is 0 Å². The molecule has 0 saturated heterocycles. The molecule has 1 unspecified atom stereocenters. The summed E-state index contributed by atoms with van der Waals surface area (Å²) in [5.74, 6) is 0. The molecule has 78 valence electrons. The van der Waals surface area contributed by atoms with Gasteiger partial charge in [-0.05, 0) is 18.4 Å². The Balaban J connectivity index is 2.89. The van der Waals surface area contributed by atoms with Crippen molar-refractivity contribution in [2.45, 2.75) is 25.0 Å². The smallest absolute Gasteiger partial charge is 0.0332 e. The van der Waals surface area contributed by atoms with Crippen LogP contribution < -0.4 is 0 Å². The first kappa shape index (κ1) is 11.4. The van der Waals surface area contributed by atoms with Crippen LogP contribution in [0.15, 0.2) is 35.6 Å². The van der Waals surface area contributed by atoms with Gasteiger partial charge in [0.25, 0.3) is 0 Å². The molecule has 0 N–H and O–H groups in total. The molecule has 0 aliphatic heterocycles. The third-order valence-electron chi connectivity index (χ3n) is 2.58. The van der Waals surface area contributed by atoms with Gasteiger partial charge in [-0.1, -0.05) is 31.2 Å². The first-order valence-electron chi connectivity index (χ1n) is 5.01. The number of hydrogen-bond acceptors (Lipinski definition) is 2. The fourth-order valence-corrected chi connectivity index (χ4v) is 1.85. The number of thiol groups is 1. The number of nitrogens with zero attached hydrogens (tertiary/aromatic N) is 1. The normalized spacial score (nSPS) is 21.3. The minimum absolute atomic E-state index is 0.306. The van der Waals surface area contributed by atoms with Crippen molar-refractivity contribution < 1.29 is 0 Å². The van der Waals surface area contributed by atoms with Crippen LogP contribution in [-0.2, 0) is 0 Å². The number of rotatable bonds is 3. The average Bonchev–Trinajstić information content (AvgIpc) is 2.17. The molecule has 0 fully saturated rings. The molecule has 1 aliphatic rings. The lowest BCUT2D eigenvalue weighted by molar-refractivity contribution is 0.519. The third-order valence-corrected chi connectivity index (χ3v) is 3.07. The van der Waals surface area contributed by atoms with Crippen LogP contribution in [0.1, 0.15) is 19.8 Å². The molecule has 0 amide bonds. The van der Waals surface area contributed by atoms with E-state index in [1.807, 2.05) is 19.0 Å². The molecule has 0 spiro atoms. The highest BCUT2D eigenvalue weighted by molar-refractivity contribution is 7.81. The Morgan fingerprint density at radius 2 is 2.29 bits per heavy atom. The fraction of sp³-hybridized carbons (Fsp3) is 0.500. The predicted octanol–water partition coefficient (Wildman–Crippen LogP) is 3.03. The van der Waals surface area contributed by atoms with Gasteiger partial charge in [0.15, 0.2) is 0 Å². The molecule has 1 atom stereocenters. The Labute approximate surface area is 92.6 Å². The van der Waals surface area contributed by atoms with Crippen molar-refractivity contribution in [1.82, 2.24) is 4.90 Å². The van der Waals surface area contributed by atoms with Gasteiger partial charge in [0.05, 0.1) is 0 Å². The van der Waals surface area contributed by atoms with Crippen molar-refractivity contribution in [3.05, 3.63) is 35.6 Å². The molecule has 0 heterocycles. The maximum absolute atomic E-state index is 4.57. The molecule has 2 heteroatoms. The minimum atomic E-state index is 0.306. The summed E-state index contributed by atoms with van der Waals surface area (Å²) in [6.07, 6.45) is 6.60. The van der Waals surface area contributed by atoms with Gasteiger partial charge < -0.3 is 4.90 Å². The second kappa shape index (κ2) is 4.74. The molecular formula is C12H19NS. The van der Waals surface area contributed by atoms with Crippen LogP contribution in [0.5, 0.6) is 0 Å². The average molecular weight is 209 g/mol. The van der Waals surface area contributed by atoms with Gasteiger partial charge in [-0.25, -0.2) is 0 Å². The van der Waals surface area contributed by atoms with E-state index in [1.165, 1.54) is 11.1 Å².